The summed E-state index contributed by atoms with van der Waals surface area (Å²) in [5, 5.41) is 2.17. The normalized spacial score (nSPS) is 28.5. The van der Waals surface area contributed by atoms with Crippen LogP contribution >= 0.6 is 27.3 Å². The van der Waals surface area contributed by atoms with Crippen molar-refractivity contribution in [3.8, 4) is 0 Å². The maximum absolute atomic E-state index is 3.50. The van der Waals surface area contributed by atoms with Crippen molar-refractivity contribution in [3.63, 3.8) is 0 Å². The number of rotatable bonds is 2. The molecule has 1 saturated heterocycles. The molecule has 0 radical (unpaired) electrons. The van der Waals surface area contributed by atoms with Crippen LogP contribution in [0, 0.1) is 5.92 Å². The minimum Gasteiger partial charge on any atom is -0.295 e. The van der Waals surface area contributed by atoms with Crippen LogP contribution in [0.3, 0.4) is 0 Å². The van der Waals surface area contributed by atoms with Crippen molar-refractivity contribution in [2.24, 2.45) is 5.92 Å². The first-order valence-corrected chi connectivity index (χ1v) is 6.81. The molecule has 0 aliphatic carbocycles. The summed E-state index contributed by atoms with van der Waals surface area (Å²) in [6, 6.07) is 2.98. The maximum Gasteiger partial charge on any atom is 0.0331 e. The zero-order valence-corrected chi connectivity index (χ0v) is 11.1. The predicted octanol–water partition coefficient (Wildman–Crippen LogP) is 3.74. The predicted molar refractivity (Wildman–Crippen MR) is 65.7 cm³/mol. The molecule has 2 rings (SSSR count). The molecule has 3 heteroatoms. The molecule has 1 aliphatic rings. The van der Waals surface area contributed by atoms with Crippen LogP contribution < -0.4 is 0 Å². The molecule has 0 saturated carbocycles. The summed E-state index contributed by atoms with van der Waals surface area (Å²) in [7, 11) is 0. The zero-order valence-electron chi connectivity index (χ0n) is 8.66. The smallest absolute Gasteiger partial charge is 0.0331 e. The number of nitrogens with zero attached hydrogens (tertiary/aromatic N) is 1. The number of hydrogen-bond donors (Lipinski definition) is 0. The molecule has 0 aromatic carbocycles. The quantitative estimate of drug-likeness (QED) is 0.794. The number of likely N-dealkylation sites (tertiary alicyclic amines) is 1. The Hall–Kier alpha value is 0.140. The highest BCUT2D eigenvalue weighted by Gasteiger charge is 2.27. The van der Waals surface area contributed by atoms with Gasteiger partial charge in [-0.15, -0.1) is 11.3 Å². The van der Waals surface area contributed by atoms with E-state index in [1.165, 1.54) is 22.3 Å². The molecule has 2 heterocycles. The molecular weight excluding hydrogens is 258 g/mol. The van der Waals surface area contributed by atoms with Gasteiger partial charge in [-0.1, -0.05) is 6.92 Å². The third-order valence-corrected chi connectivity index (χ3v) is 4.93. The summed E-state index contributed by atoms with van der Waals surface area (Å²) in [6.07, 6.45) is 1.35. The van der Waals surface area contributed by atoms with Crippen LogP contribution in [0.2, 0.25) is 0 Å². The van der Waals surface area contributed by atoms with Gasteiger partial charge in [0.05, 0.1) is 0 Å². The first-order valence-electron chi connectivity index (χ1n) is 5.14. The highest BCUT2D eigenvalue weighted by Crippen LogP contribution is 2.28. The summed E-state index contributed by atoms with van der Waals surface area (Å²) in [5.41, 5.74) is 0. The lowest BCUT2D eigenvalue weighted by atomic mass is 10.1. The molecule has 0 amide bonds. The minimum atomic E-state index is 0.746. The van der Waals surface area contributed by atoms with Gasteiger partial charge in [0.25, 0.3) is 0 Å². The van der Waals surface area contributed by atoms with E-state index in [-0.39, 0.29) is 0 Å². The van der Waals surface area contributed by atoms with Crippen LogP contribution in [-0.4, -0.2) is 17.5 Å². The Kier molecular flexibility index (Phi) is 3.30. The summed E-state index contributed by atoms with van der Waals surface area (Å²) in [6.45, 7) is 7.09. The first kappa shape index (κ1) is 10.7. The van der Waals surface area contributed by atoms with Crippen molar-refractivity contribution in [2.75, 3.05) is 6.54 Å². The fourth-order valence-corrected chi connectivity index (χ4v) is 3.51. The zero-order chi connectivity index (χ0) is 10.1. The van der Waals surface area contributed by atoms with Gasteiger partial charge in [0.2, 0.25) is 0 Å². The average Bonchev–Trinajstić information content (AvgIpc) is 2.67. The van der Waals surface area contributed by atoms with E-state index in [9.17, 15) is 0 Å². The third-order valence-electron chi connectivity index (χ3n) is 3.25. The standard InChI is InChI=1S/C11H16BrNS/c1-8-3-4-13(9(8)2)6-11-5-10(12)7-14-11/h5,7-9H,3-4,6H2,1-2H3. The fraction of sp³-hybridized carbons (Fsp3) is 0.636. The van der Waals surface area contributed by atoms with Gasteiger partial charge < -0.3 is 0 Å². The van der Waals surface area contributed by atoms with Crippen LogP contribution in [0.25, 0.3) is 0 Å². The van der Waals surface area contributed by atoms with Crippen molar-refractivity contribution in [1.82, 2.24) is 4.90 Å². The van der Waals surface area contributed by atoms with E-state index in [0.717, 1.165) is 18.5 Å². The molecule has 1 aromatic rings. The van der Waals surface area contributed by atoms with Gasteiger partial charge in [-0.2, -0.15) is 0 Å². The van der Waals surface area contributed by atoms with Gasteiger partial charge in [0.1, 0.15) is 0 Å². The average molecular weight is 274 g/mol. The molecular formula is C11H16BrNS. The monoisotopic (exact) mass is 273 g/mol. The van der Waals surface area contributed by atoms with E-state index in [1.807, 2.05) is 11.3 Å². The van der Waals surface area contributed by atoms with Gasteiger partial charge >= 0.3 is 0 Å². The second-order valence-corrected chi connectivity index (χ2v) is 6.12. The van der Waals surface area contributed by atoms with Gasteiger partial charge in [0.15, 0.2) is 0 Å². The van der Waals surface area contributed by atoms with Crippen molar-refractivity contribution in [2.45, 2.75) is 32.9 Å². The van der Waals surface area contributed by atoms with E-state index in [1.54, 1.807) is 0 Å². The van der Waals surface area contributed by atoms with Crippen molar-refractivity contribution >= 4 is 27.3 Å². The summed E-state index contributed by atoms with van der Waals surface area (Å²) in [5.74, 6) is 0.860. The lowest BCUT2D eigenvalue weighted by Crippen LogP contribution is -2.28. The van der Waals surface area contributed by atoms with E-state index in [0.29, 0.717) is 0 Å². The van der Waals surface area contributed by atoms with Crippen LogP contribution in [0.4, 0.5) is 0 Å². The maximum atomic E-state index is 3.50. The van der Waals surface area contributed by atoms with Crippen LogP contribution in [0.1, 0.15) is 25.1 Å². The van der Waals surface area contributed by atoms with E-state index in [4.69, 9.17) is 0 Å². The molecule has 0 N–H and O–H groups in total. The SMILES string of the molecule is CC1CCN(Cc2cc(Br)cs2)C1C. The highest BCUT2D eigenvalue weighted by atomic mass is 79.9. The molecule has 1 aromatic heterocycles. The molecule has 0 spiro atoms. The summed E-state index contributed by atoms with van der Waals surface area (Å²) in [4.78, 5) is 4.06. The molecule has 1 aliphatic heterocycles. The van der Waals surface area contributed by atoms with Gasteiger partial charge in [0, 0.05) is 27.3 Å². The van der Waals surface area contributed by atoms with Gasteiger partial charge in [-0.25, -0.2) is 0 Å². The van der Waals surface area contributed by atoms with Crippen LogP contribution in [-0.2, 0) is 6.54 Å². The Morgan fingerprint density at radius 1 is 1.57 bits per heavy atom. The topological polar surface area (TPSA) is 3.24 Å². The Labute approximate surface area is 98.2 Å². The van der Waals surface area contributed by atoms with Crippen LogP contribution in [0.5, 0.6) is 0 Å². The minimum absolute atomic E-state index is 0.746. The molecule has 0 bridgehead atoms. The Morgan fingerprint density at radius 3 is 2.86 bits per heavy atom. The van der Waals surface area contributed by atoms with E-state index >= 15 is 0 Å². The first-order chi connectivity index (χ1) is 6.66. The van der Waals surface area contributed by atoms with Gasteiger partial charge in [-0.05, 0) is 47.8 Å². The number of hydrogen-bond acceptors (Lipinski definition) is 2. The lowest BCUT2D eigenvalue weighted by Gasteiger charge is -2.22. The second kappa shape index (κ2) is 4.33. The Balaban J connectivity index is 1.98. The second-order valence-electron chi connectivity index (χ2n) is 4.21. The fourth-order valence-electron chi connectivity index (χ4n) is 2.03. The lowest BCUT2D eigenvalue weighted by molar-refractivity contribution is 0.241. The largest absolute Gasteiger partial charge is 0.295 e. The molecule has 14 heavy (non-hydrogen) atoms. The summed E-state index contributed by atoms with van der Waals surface area (Å²) < 4.78 is 1.22. The van der Waals surface area contributed by atoms with E-state index < -0.39 is 0 Å². The van der Waals surface area contributed by atoms with Crippen molar-refractivity contribution < 1.29 is 0 Å². The number of halogens is 1. The molecule has 78 valence electrons. The van der Waals surface area contributed by atoms with Crippen molar-refractivity contribution in [3.05, 3.63) is 20.8 Å². The van der Waals surface area contributed by atoms with Crippen molar-refractivity contribution in [1.29, 1.82) is 0 Å². The molecule has 2 atom stereocenters. The Bertz CT molecular complexity index is 310. The molecule has 2 unspecified atom stereocenters. The third kappa shape index (κ3) is 2.20. The molecule has 1 fully saturated rings. The molecule has 1 nitrogen and oxygen atoms in total. The number of thiophene rings is 1. The highest BCUT2D eigenvalue weighted by molar-refractivity contribution is 9.10. The van der Waals surface area contributed by atoms with E-state index in [2.05, 4.69) is 46.1 Å². The Morgan fingerprint density at radius 2 is 2.36 bits per heavy atom. The van der Waals surface area contributed by atoms with Gasteiger partial charge in [-0.3, -0.25) is 4.90 Å². The van der Waals surface area contributed by atoms with Crippen LogP contribution in [0.15, 0.2) is 15.9 Å². The summed E-state index contributed by atoms with van der Waals surface area (Å²) >= 11 is 5.35.